The molecule has 0 aliphatic rings. The second-order valence-electron chi connectivity index (χ2n) is 2.87. The van der Waals surface area contributed by atoms with Crippen LogP contribution in [0.5, 0.6) is 0 Å². The van der Waals surface area contributed by atoms with Gasteiger partial charge >= 0.3 is 0 Å². The highest BCUT2D eigenvalue weighted by Crippen LogP contribution is 2.04. The standard InChI is InChI=1S/C12H10N2/c13-9-12(10-14)8-4-7-11-5-2-1-3-6-11/h1-3,5-6,8H,4,7H2. The minimum Gasteiger partial charge on any atom is -0.192 e. The van der Waals surface area contributed by atoms with Gasteiger partial charge in [0.15, 0.2) is 0 Å². The number of nitrogens with zero attached hydrogens (tertiary/aromatic N) is 2. The van der Waals surface area contributed by atoms with Gasteiger partial charge in [0.1, 0.15) is 17.7 Å². The first-order valence-electron chi connectivity index (χ1n) is 4.41. The lowest BCUT2D eigenvalue weighted by atomic mass is 10.1. The molecule has 0 unspecified atom stereocenters. The predicted octanol–water partition coefficient (Wildman–Crippen LogP) is 2.59. The Morgan fingerprint density at radius 2 is 1.79 bits per heavy atom. The number of hydrogen-bond acceptors (Lipinski definition) is 2. The molecule has 14 heavy (non-hydrogen) atoms. The van der Waals surface area contributed by atoms with Gasteiger partial charge < -0.3 is 0 Å². The molecule has 0 heterocycles. The van der Waals surface area contributed by atoms with E-state index in [-0.39, 0.29) is 5.57 Å². The van der Waals surface area contributed by atoms with Crippen LogP contribution in [0.15, 0.2) is 42.0 Å². The normalized spacial score (nSPS) is 8.43. The van der Waals surface area contributed by atoms with Crippen LogP contribution in [0.4, 0.5) is 0 Å². The average molecular weight is 182 g/mol. The molecular formula is C12H10N2. The molecule has 0 aliphatic carbocycles. The van der Waals surface area contributed by atoms with Crippen molar-refractivity contribution in [3.8, 4) is 12.1 Å². The minimum atomic E-state index is 0.195. The van der Waals surface area contributed by atoms with Crippen molar-refractivity contribution < 1.29 is 0 Å². The van der Waals surface area contributed by atoms with E-state index in [1.54, 1.807) is 6.08 Å². The molecule has 0 N–H and O–H groups in total. The van der Waals surface area contributed by atoms with Crippen LogP contribution in [0.25, 0.3) is 0 Å². The topological polar surface area (TPSA) is 47.6 Å². The van der Waals surface area contributed by atoms with Crippen molar-refractivity contribution in [3.63, 3.8) is 0 Å². The first kappa shape index (κ1) is 10.0. The van der Waals surface area contributed by atoms with E-state index in [2.05, 4.69) is 0 Å². The van der Waals surface area contributed by atoms with Crippen molar-refractivity contribution in [1.29, 1.82) is 10.5 Å². The third-order valence-corrected chi connectivity index (χ3v) is 1.87. The second kappa shape index (κ2) is 5.56. The van der Waals surface area contributed by atoms with Gasteiger partial charge in [-0.3, -0.25) is 0 Å². The summed E-state index contributed by atoms with van der Waals surface area (Å²) in [5, 5.41) is 17.0. The summed E-state index contributed by atoms with van der Waals surface area (Å²) in [5.41, 5.74) is 1.42. The Hall–Kier alpha value is -2.06. The van der Waals surface area contributed by atoms with Crippen LogP contribution in [0.3, 0.4) is 0 Å². The molecule has 0 fully saturated rings. The zero-order chi connectivity index (χ0) is 10.2. The molecular weight excluding hydrogens is 172 g/mol. The van der Waals surface area contributed by atoms with Gasteiger partial charge in [-0.1, -0.05) is 36.4 Å². The van der Waals surface area contributed by atoms with E-state index in [1.807, 2.05) is 42.5 Å². The van der Waals surface area contributed by atoms with Gasteiger partial charge in [0.2, 0.25) is 0 Å². The molecule has 2 nitrogen and oxygen atoms in total. The van der Waals surface area contributed by atoms with Gasteiger partial charge in [-0.05, 0) is 18.4 Å². The molecule has 0 spiro atoms. The minimum absolute atomic E-state index is 0.195. The molecule has 0 atom stereocenters. The van der Waals surface area contributed by atoms with Gasteiger partial charge in [0, 0.05) is 0 Å². The van der Waals surface area contributed by atoms with Crippen molar-refractivity contribution in [2.75, 3.05) is 0 Å². The molecule has 68 valence electrons. The lowest BCUT2D eigenvalue weighted by molar-refractivity contribution is 0.998. The molecule has 0 bridgehead atoms. The van der Waals surface area contributed by atoms with Crippen LogP contribution in [0, 0.1) is 22.7 Å². The van der Waals surface area contributed by atoms with Crippen LogP contribution >= 0.6 is 0 Å². The molecule has 0 saturated carbocycles. The van der Waals surface area contributed by atoms with E-state index >= 15 is 0 Å². The molecule has 1 aromatic rings. The first-order valence-corrected chi connectivity index (χ1v) is 4.41. The summed E-state index contributed by atoms with van der Waals surface area (Å²) in [6, 6.07) is 13.7. The summed E-state index contributed by atoms with van der Waals surface area (Å²) in [7, 11) is 0. The fraction of sp³-hybridized carbons (Fsp3) is 0.167. The number of allylic oxidation sites excluding steroid dienone is 2. The Morgan fingerprint density at radius 1 is 1.14 bits per heavy atom. The van der Waals surface area contributed by atoms with E-state index in [0.717, 1.165) is 12.8 Å². The highest BCUT2D eigenvalue weighted by atomic mass is 14.3. The van der Waals surface area contributed by atoms with Crippen molar-refractivity contribution in [1.82, 2.24) is 0 Å². The Kier molecular flexibility index (Phi) is 3.98. The number of rotatable bonds is 3. The maximum absolute atomic E-state index is 8.48. The average Bonchev–Trinajstić information content (AvgIpc) is 2.26. The second-order valence-corrected chi connectivity index (χ2v) is 2.87. The van der Waals surface area contributed by atoms with E-state index < -0.39 is 0 Å². The Bertz CT molecular complexity index is 375. The van der Waals surface area contributed by atoms with Gasteiger partial charge in [-0.25, -0.2) is 0 Å². The number of hydrogen-bond donors (Lipinski definition) is 0. The lowest BCUT2D eigenvalue weighted by Gasteiger charge is -1.95. The Morgan fingerprint density at radius 3 is 2.36 bits per heavy atom. The van der Waals surface area contributed by atoms with Gasteiger partial charge in [-0.2, -0.15) is 10.5 Å². The van der Waals surface area contributed by atoms with Crippen LogP contribution in [-0.2, 0) is 6.42 Å². The molecule has 0 aliphatic heterocycles. The molecule has 0 amide bonds. The zero-order valence-electron chi connectivity index (χ0n) is 7.77. The molecule has 2 heteroatoms. The zero-order valence-corrected chi connectivity index (χ0v) is 7.77. The molecule has 0 aromatic heterocycles. The highest BCUT2D eigenvalue weighted by Gasteiger charge is 1.92. The third kappa shape index (κ3) is 3.13. The fourth-order valence-corrected chi connectivity index (χ4v) is 1.14. The summed E-state index contributed by atoms with van der Waals surface area (Å²) >= 11 is 0. The fourth-order valence-electron chi connectivity index (χ4n) is 1.14. The highest BCUT2D eigenvalue weighted by molar-refractivity contribution is 5.35. The van der Waals surface area contributed by atoms with Gasteiger partial charge in [-0.15, -0.1) is 0 Å². The number of benzene rings is 1. The van der Waals surface area contributed by atoms with Crippen LogP contribution in [0.2, 0.25) is 0 Å². The van der Waals surface area contributed by atoms with E-state index in [0.29, 0.717) is 0 Å². The molecule has 0 radical (unpaired) electrons. The number of nitriles is 2. The Labute approximate surface area is 83.7 Å². The molecule has 0 saturated heterocycles. The number of aryl methyl sites for hydroxylation is 1. The van der Waals surface area contributed by atoms with Gasteiger partial charge in [0.05, 0.1) is 0 Å². The maximum Gasteiger partial charge on any atom is 0.125 e. The largest absolute Gasteiger partial charge is 0.192 e. The summed E-state index contributed by atoms with van der Waals surface area (Å²) in [6.45, 7) is 0. The van der Waals surface area contributed by atoms with Crippen molar-refractivity contribution in [3.05, 3.63) is 47.5 Å². The summed E-state index contributed by atoms with van der Waals surface area (Å²) in [5.74, 6) is 0. The van der Waals surface area contributed by atoms with E-state index in [1.165, 1.54) is 5.56 Å². The Balaban J connectivity index is 2.48. The van der Waals surface area contributed by atoms with Crippen LogP contribution in [0.1, 0.15) is 12.0 Å². The first-order chi connectivity index (χ1) is 6.86. The monoisotopic (exact) mass is 182 g/mol. The maximum atomic E-state index is 8.48. The van der Waals surface area contributed by atoms with Gasteiger partial charge in [0.25, 0.3) is 0 Å². The summed E-state index contributed by atoms with van der Waals surface area (Å²) in [4.78, 5) is 0. The van der Waals surface area contributed by atoms with Crippen LogP contribution in [-0.4, -0.2) is 0 Å². The SMILES string of the molecule is N#CC(C#N)=CCCc1ccccc1. The third-order valence-electron chi connectivity index (χ3n) is 1.87. The molecule has 1 rings (SSSR count). The summed E-state index contributed by atoms with van der Waals surface area (Å²) in [6.07, 6.45) is 3.28. The van der Waals surface area contributed by atoms with Crippen LogP contribution < -0.4 is 0 Å². The molecule has 1 aromatic carbocycles. The van der Waals surface area contributed by atoms with Crippen molar-refractivity contribution in [2.45, 2.75) is 12.8 Å². The smallest absolute Gasteiger partial charge is 0.125 e. The van der Waals surface area contributed by atoms with Crippen molar-refractivity contribution >= 4 is 0 Å². The van der Waals surface area contributed by atoms with E-state index in [4.69, 9.17) is 10.5 Å². The van der Waals surface area contributed by atoms with E-state index in [9.17, 15) is 0 Å². The quantitative estimate of drug-likeness (QED) is 0.674. The van der Waals surface area contributed by atoms with Crippen molar-refractivity contribution in [2.24, 2.45) is 0 Å². The lowest BCUT2D eigenvalue weighted by Crippen LogP contribution is -1.82. The summed E-state index contributed by atoms with van der Waals surface area (Å²) < 4.78 is 0. The predicted molar refractivity (Wildman–Crippen MR) is 54.1 cm³/mol.